The first-order chi connectivity index (χ1) is 8.86. The minimum Gasteiger partial charge on any atom is -0.324 e. The second kappa shape index (κ2) is 5.11. The highest BCUT2D eigenvalue weighted by atomic mass is 32.2. The van der Waals surface area contributed by atoms with Crippen LogP contribution in [0.4, 0.5) is 5.69 Å². The van der Waals surface area contributed by atoms with E-state index in [9.17, 15) is 8.42 Å². The summed E-state index contributed by atoms with van der Waals surface area (Å²) in [5.41, 5.74) is 4.71. The molecule has 1 fully saturated rings. The molecule has 0 radical (unpaired) electrons. The summed E-state index contributed by atoms with van der Waals surface area (Å²) >= 11 is 0. The van der Waals surface area contributed by atoms with Crippen LogP contribution in [0.5, 0.6) is 0 Å². The van der Waals surface area contributed by atoms with Gasteiger partial charge in [-0.15, -0.1) is 0 Å². The lowest BCUT2D eigenvalue weighted by atomic mass is 10.1. The van der Waals surface area contributed by atoms with E-state index >= 15 is 0 Å². The van der Waals surface area contributed by atoms with Crippen molar-refractivity contribution in [3.05, 3.63) is 23.3 Å². The minimum atomic E-state index is -3.42. The van der Waals surface area contributed by atoms with E-state index in [1.165, 1.54) is 4.31 Å². The Kier molecular flexibility index (Phi) is 3.85. The molecule has 0 unspecified atom stereocenters. The number of hydrogen-bond donors (Lipinski definition) is 2. The molecule has 0 saturated heterocycles. The molecule has 0 amide bonds. The number of nitrogen functional groups attached to an aromatic ring is 1. The first kappa shape index (κ1) is 14.3. The van der Waals surface area contributed by atoms with Gasteiger partial charge in [0.05, 0.1) is 4.90 Å². The molecule has 5 nitrogen and oxygen atoms in total. The van der Waals surface area contributed by atoms with E-state index < -0.39 is 10.0 Å². The Bertz CT molecular complexity index is 557. The van der Waals surface area contributed by atoms with Gasteiger partial charge >= 0.3 is 0 Å². The number of nitrogens with two attached hydrogens (primary N) is 1. The van der Waals surface area contributed by atoms with Crippen LogP contribution in [-0.4, -0.2) is 26.3 Å². The Morgan fingerprint density at radius 1 is 1.32 bits per heavy atom. The van der Waals surface area contributed by atoms with Crippen LogP contribution in [0.25, 0.3) is 0 Å². The monoisotopic (exact) mass is 283 g/mol. The molecule has 0 aliphatic heterocycles. The van der Waals surface area contributed by atoms with Crippen LogP contribution in [0.1, 0.15) is 24.0 Å². The van der Waals surface area contributed by atoms with Gasteiger partial charge in [0.1, 0.15) is 0 Å². The first-order valence-corrected chi connectivity index (χ1v) is 7.84. The van der Waals surface area contributed by atoms with Crippen LogP contribution in [-0.2, 0) is 10.0 Å². The minimum absolute atomic E-state index is 0.398. The van der Waals surface area contributed by atoms with Gasteiger partial charge in [0, 0.05) is 19.3 Å². The number of nitrogens with one attached hydrogen (secondary N) is 1. The fraction of sp³-hybridized carbons (Fsp3) is 0.538. The van der Waals surface area contributed by atoms with Gasteiger partial charge in [-0.1, -0.05) is 0 Å². The molecule has 1 aromatic carbocycles. The molecule has 0 spiro atoms. The van der Waals surface area contributed by atoms with E-state index in [-0.39, 0.29) is 0 Å². The van der Waals surface area contributed by atoms with Crippen LogP contribution < -0.4 is 11.3 Å². The van der Waals surface area contributed by atoms with Gasteiger partial charge in [0.2, 0.25) is 10.0 Å². The third kappa shape index (κ3) is 2.91. The van der Waals surface area contributed by atoms with Crippen molar-refractivity contribution >= 4 is 15.7 Å². The van der Waals surface area contributed by atoms with E-state index in [0.29, 0.717) is 17.4 Å². The molecule has 106 valence electrons. The van der Waals surface area contributed by atoms with Crippen molar-refractivity contribution in [2.45, 2.75) is 31.6 Å². The molecule has 1 aromatic rings. The summed E-state index contributed by atoms with van der Waals surface area (Å²) in [6.07, 6.45) is 2.27. The van der Waals surface area contributed by atoms with Crippen LogP contribution >= 0.6 is 0 Å². The summed E-state index contributed by atoms with van der Waals surface area (Å²) in [4.78, 5) is 0.398. The lowest BCUT2D eigenvalue weighted by Crippen LogP contribution is -2.30. The molecule has 1 saturated carbocycles. The van der Waals surface area contributed by atoms with Crippen molar-refractivity contribution < 1.29 is 8.42 Å². The molecule has 0 bridgehead atoms. The van der Waals surface area contributed by atoms with Crippen LogP contribution in [0.3, 0.4) is 0 Å². The zero-order valence-electron chi connectivity index (χ0n) is 11.6. The van der Waals surface area contributed by atoms with Gasteiger partial charge in [-0.05, 0) is 55.9 Å². The molecule has 0 aromatic heterocycles. The Hall–Kier alpha value is -1.11. The summed E-state index contributed by atoms with van der Waals surface area (Å²) in [6, 6.07) is 3.51. The normalized spacial score (nSPS) is 15.8. The summed E-state index contributed by atoms with van der Waals surface area (Å²) in [6.45, 7) is 4.20. The zero-order valence-corrected chi connectivity index (χ0v) is 12.4. The first-order valence-electron chi connectivity index (χ1n) is 6.40. The maximum absolute atomic E-state index is 12.6. The lowest BCUT2D eigenvalue weighted by molar-refractivity contribution is 0.452. The van der Waals surface area contributed by atoms with Crippen molar-refractivity contribution in [3.63, 3.8) is 0 Å². The highest BCUT2D eigenvalue weighted by Crippen LogP contribution is 2.32. The second-order valence-electron chi connectivity index (χ2n) is 5.31. The number of hydrogen-bond acceptors (Lipinski definition) is 4. The summed E-state index contributed by atoms with van der Waals surface area (Å²) in [5, 5.41) is 0. The molecule has 1 aliphatic rings. The standard InChI is InChI=1S/C13H21N3O2S/c1-9-6-12(15-14)7-10(2)13(9)19(17,18)16(3)8-11-4-5-11/h6-7,11,15H,4-5,8,14H2,1-3H3. The second-order valence-corrected chi connectivity index (χ2v) is 7.29. The maximum atomic E-state index is 12.6. The van der Waals surface area contributed by atoms with Gasteiger partial charge in [-0.3, -0.25) is 5.84 Å². The number of benzene rings is 1. The molecular formula is C13H21N3O2S. The molecule has 1 aliphatic carbocycles. The molecule has 0 heterocycles. The van der Waals surface area contributed by atoms with Gasteiger partial charge < -0.3 is 5.43 Å². The predicted molar refractivity (Wildman–Crippen MR) is 76.3 cm³/mol. The fourth-order valence-corrected chi connectivity index (χ4v) is 4.01. The fourth-order valence-electron chi connectivity index (χ4n) is 2.36. The average molecular weight is 283 g/mol. The molecule has 3 N–H and O–H groups in total. The summed E-state index contributed by atoms with van der Waals surface area (Å²) in [7, 11) is -1.76. The van der Waals surface area contributed by atoms with Gasteiger partial charge in [0.25, 0.3) is 0 Å². The van der Waals surface area contributed by atoms with E-state index in [4.69, 9.17) is 5.84 Å². The largest absolute Gasteiger partial charge is 0.324 e. The van der Waals surface area contributed by atoms with Crippen molar-refractivity contribution in [2.75, 3.05) is 19.0 Å². The molecule has 6 heteroatoms. The number of hydrazine groups is 1. The van der Waals surface area contributed by atoms with Gasteiger partial charge in [-0.2, -0.15) is 0 Å². The Morgan fingerprint density at radius 2 is 1.84 bits per heavy atom. The Labute approximate surface area is 114 Å². The third-order valence-corrected chi connectivity index (χ3v) is 5.64. The number of aryl methyl sites for hydroxylation is 2. The molecule has 2 rings (SSSR count). The maximum Gasteiger partial charge on any atom is 0.243 e. The van der Waals surface area contributed by atoms with Crippen molar-refractivity contribution in [2.24, 2.45) is 11.8 Å². The van der Waals surface area contributed by atoms with E-state index in [1.807, 2.05) is 0 Å². The third-order valence-electron chi connectivity index (χ3n) is 3.51. The highest BCUT2D eigenvalue weighted by Gasteiger charge is 2.30. The Balaban J connectivity index is 2.39. The summed E-state index contributed by atoms with van der Waals surface area (Å²) in [5.74, 6) is 5.90. The number of anilines is 1. The zero-order chi connectivity index (χ0) is 14.2. The van der Waals surface area contributed by atoms with Crippen LogP contribution in [0.15, 0.2) is 17.0 Å². The van der Waals surface area contributed by atoms with Crippen LogP contribution in [0, 0.1) is 19.8 Å². The molecule has 19 heavy (non-hydrogen) atoms. The predicted octanol–water partition coefficient (Wildman–Crippen LogP) is 1.62. The smallest absolute Gasteiger partial charge is 0.243 e. The number of nitrogens with zero attached hydrogens (tertiary/aromatic N) is 1. The van der Waals surface area contributed by atoms with Crippen LogP contribution in [0.2, 0.25) is 0 Å². The number of rotatable bonds is 5. The highest BCUT2D eigenvalue weighted by molar-refractivity contribution is 7.89. The van der Waals surface area contributed by atoms with Gasteiger partial charge in [0.15, 0.2) is 0 Å². The van der Waals surface area contributed by atoms with E-state index in [2.05, 4.69) is 5.43 Å². The average Bonchev–Trinajstić information content (AvgIpc) is 3.11. The lowest BCUT2D eigenvalue weighted by Gasteiger charge is -2.20. The van der Waals surface area contributed by atoms with Crippen molar-refractivity contribution in [3.8, 4) is 0 Å². The van der Waals surface area contributed by atoms with E-state index in [1.54, 1.807) is 33.0 Å². The molecular weight excluding hydrogens is 262 g/mol. The quantitative estimate of drug-likeness (QED) is 0.636. The topological polar surface area (TPSA) is 75.4 Å². The van der Waals surface area contributed by atoms with Crippen molar-refractivity contribution in [1.82, 2.24) is 4.31 Å². The van der Waals surface area contributed by atoms with Crippen molar-refractivity contribution in [1.29, 1.82) is 0 Å². The van der Waals surface area contributed by atoms with E-state index in [0.717, 1.165) is 29.7 Å². The SMILES string of the molecule is Cc1cc(NN)cc(C)c1S(=O)(=O)N(C)CC1CC1. The summed E-state index contributed by atoms with van der Waals surface area (Å²) < 4.78 is 26.7. The van der Waals surface area contributed by atoms with Gasteiger partial charge in [-0.25, -0.2) is 12.7 Å². The Morgan fingerprint density at radius 3 is 2.26 bits per heavy atom. The number of sulfonamides is 1. The molecule has 0 atom stereocenters.